The van der Waals surface area contributed by atoms with Gasteiger partial charge >= 0.3 is 5.97 Å². The maximum Gasteiger partial charge on any atom is 0.306 e. The highest BCUT2D eigenvalue weighted by molar-refractivity contribution is 7.87. The van der Waals surface area contributed by atoms with E-state index in [0.29, 0.717) is 0 Å². The Morgan fingerprint density at radius 2 is 2.06 bits per heavy atom. The largest absolute Gasteiger partial charge is 0.469 e. The minimum Gasteiger partial charge on any atom is -0.469 e. The van der Waals surface area contributed by atoms with E-state index in [1.54, 1.807) is 13.8 Å². The Morgan fingerprint density at radius 3 is 2.47 bits per heavy atom. The lowest BCUT2D eigenvalue weighted by Gasteiger charge is -2.24. The van der Waals surface area contributed by atoms with Crippen LogP contribution in [-0.4, -0.2) is 44.9 Å². The molecule has 0 saturated carbocycles. The second-order valence-electron chi connectivity index (χ2n) is 4.02. The van der Waals surface area contributed by atoms with Gasteiger partial charge in [-0.2, -0.15) is 17.4 Å². The zero-order chi connectivity index (χ0) is 13.7. The number of hydrogen-bond acceptors (Lipinski definition) is 4. The molecule has 6 nitrogen and oxygen atoms in total. The van der Waals surface area contributed by atoms with Gasteiger partial charge in [0.05, 0.1) is 19.1 Å². The number of ether oxygens (including phenoxy) is 1. The number of terminal acetylenes is 1. The molecule has 0 spiro atoms. The quantitative estimate of drug-likeness (QED) is 0.528. The van der Waals surface area contributed by atoms with Crippen LogP contribution in [0.2, 0.25) is 0 Å². The average Bonchev–Trinajstić information content (AvgIpc) is 2.23. The number of carbonyl (C=O) groups is 1. The number of hydrogen-bond donors (Lipinski definition) is 1. The zero-order valence-corrected chi connectivity index (χ0v) is 11.3. The predicted octanol–water partition coefficient (Wildman–Crippen LogP) is -0.272. The van der Waals surface area contributed by atoms with Gasteiger partial charge in [0.2, 0.25) is 0 Å². The summed E-state index contributed by atoms with van der Waals surface area (Å²) < 4.78 is 31.3. The molecule has 0 unspecified atom stereocenters. The van der Waals surface area contributed by atoms with Crippen LogP contribution in [0.15, 0.2) is 0 Å². The fourth-order valence-electron chi connectivity index (χ4n) is 0.901. The van der Waals surface area contributed by atoms with E-state index in [0.717, 1.165) is 4.31 Å². The van der Waals surface area contributed by atoms with Crippen LogP contribution < -0.4 is 4.72 Å². The fourth-order valence-corrected chi connectivity index (χ4v) is 2.09. The Morgan fingerprint density at radius 1 is 1.53 bits per heavy atom. The molecule has 98 valence electrons. The van der Waals surface area contributed by atoms with Crippen LogP contribution in [0.25, 0.3) is 0 Å². The molecule has 0 aromatic carbocycles. The maximum atomic E-state index is 11.8. The van der Waals surface area contributed by atoms with E-state index < -0.39 is 21.7 Å². The van der Waals surface area contributed by atoms with Crippen LogP contribution in [0.5, 0.6) is 0 Å². The molecule has 17 heavy (non-hydrogen) atoms. The Kier molecular flexibility index (Phi) is 5.61. The molecule has 0 rings (SSSR count). The van der Waals surface area contributed by atoms with Gasteiger partial charge in [-0.3, -0.25) is 4.79 Å². The van der Waals surface area contributed by atoms with Crippen LogP contribution in [0.1, 0.15) is 20.3 Å². The molecule has 0 saturated heterocycles. The number of nitrogens with one attached hydrogen (secondary N) is 1. The Labute approximate surface area is 103 Å². The first-order valence-electron chi connectivity index (χ1n) is 4.94. The minimum atomic E-state index is -3.70. The molecule has 1 N–H and O–H groups in total. The van der Waals surface area contributed by atoms with Gasteiger partial charge in [-0.25, -0.2) is 0 Å². The van der Waals surface area contributed by atoms with Gasteiger partial charge in [0.15, 0.2) is 0 Å². The molecule has 0 aromatic rings. The molecule has 0 aliphatic rings. The second kappa shape index (κ2) is 6.00. The highest BCUT2D eigenvalue weighted by Gasteiger charge is 2.26. The monoisotopic (exact) mass is 262 g/mol. The molecule has 0 radical (unpaired) electrons. The highest BCUT2D eigenvalue weighted by atomic mass is 32.2. The number of methoxy groups -OCH3 is 1. The summed E-state index contributed by atoms with van der Waals surface area (Å²) in [5, 5.41) is 0. The SMILES string of the molecule is C#CC(C)(C)NS(=O)(=O)N(C)CCC(=O)OC. The lowest BCUT2D eigenvalue weighted by atomic mass is 10.1. The van der Waals surface area contributed by atoms with Gasteiger partial charge in [0.1, 0.15) is 0 Å². The van der Waals surface area contributed by atoms with Gasteiger partial charge in [-0.1, -0.05) is 5.92 Å². The van der Waals surface area contributed by atoms with Crippen molar-refractivity contribution >= 4 is 16.2 Å². The molecule has 0 amide bonds. The first-order chi connectivity index (χ1) is 7.64. The summed E-state index contributed by atoms with van der Waals surface area (Å²) >= 11 is 0. The zero-order valence-electron chi connectivity index (χ0n) is 10.5. The van der Waals surface area contributed by atoms with Crippen molar-refractivity contribution in [3.05, 3.63) is 0 Å². The van der Waals surface area contributed by atoms with Crippen molar-refractivity contribution < 1.29 is 17.9 Å². The summed E-state index contributed by atoms with van der Waals surface area (Å²) in [7, 11) is -1.10. The van der Waals surface area contributed by atoms with Crippen LogP contribution in [0, 0.1) is 12.3 Å². The first-order valence-corrected chi connectivity index (χ1v) is 6.38. The van der Waals surface area contributed by atoms with Crippen LogP contribution >= 0.6 is 0 Å². The summed E-state index contributed by atoms with van der Waals surface area (Å²) in [6, 6.07) is 0. The van der Waals surface area contributed by atoms with Crippen molar-refractivity contribution in [1.82, 2.24) is 9.03 Å². The van der Waals surface area contributed by atoms with Crippen molar-refractivity contribution in [2.24, 2.45) is 0 Å². The molecule has 0 aliphatic carbocycles. The number of carbonyl (C=O) groups excluding carboxylic acids is 1. The van der Waals surface area contributed by atoms with E-state index in [4.69, 9.17) is 6.42 Å². The van der Waals surface area contributed by atoms with Gasteiger partial charge in [-0.05, 0) is 13.8 Å². The number of nitrogens with zero attached hydrogens (tertiary/aromatic N) is 1. The average molecular weight is 262 g/mol. The summed E-state index contributed by atoms with van der Waals surface area (Å²) in [5.74, 6) is 1.85. The van der Waals surface area contributed by atoms with Gasteiger partial charge in [0, 0.05) is 13.6 Å². The van der Waals surface area contributed by atoms with Gasteiger partial charge in [-0.15, -0.1) is 6.42 Å². The van der Waals surface area contributed by atoms with Crippen molar-refractivity contribution in [1.29, 1.82) is 0 Å². The standard InChI is InChI=1S/C10H18N2O4S/c1-6-10(2,3)11-17(14,15)12(4)8-7-9(13)16-5/h1,11H,7-8H2,2-5H3. The highest BCUT2D eigenvalue weighted by Crippen LogP contribution is 2.05. The molecular formula is C10H18N2O4S. The number of esters is 1. The molecule has 0 aromatic heterocycles. The predicted molar refractivity (Wildman–Crippen MR) is 64.2 cm³/mol. The first kappa shape index (κ1) is 15.9. The maximum absolute atomic E-state index is 11.8. The third kappa shape index (κ3) is 5.68. The molecule has 0 atom stereocenters. The molecular weight excluding hydrogens is 244 g/mol. The molecule has 0 heterocycles. The van der Waals surface area contributed by atoms with E-state index >= 15 is 0 Å². The van der Waals surface area contributed by atoms with Crippen molar-refractivity contribution in [2.75, 3.05) is 20.7 Å². The molecule has 0 fully saturated rings. The normalized spacial score (nSPS) is 12.2. The van der Waals surface area contributed by atoms with E-state index in [9.17, 15) is 13.2 Å². The van der Waals surface area contributed by atoms with Crippen molar-refractivity contribution in [3.8, 4) is 12.3 Å². The van der Waals surface area contributed by atoms with Gasteiger partial charge in [0.25, 0.3) is 10.2 Å². The van der Waals surface area contributed by atoms with Crippen LogP contribution in [-0.2, 0) is 19.7 Å². The van der Waals surface area contributed by atoms with Crippen LogP contribution in [0.4, 0.5) is 0 Å². The molecule has 0 aliphatic heterocycles. The van der Waals surface area contributed by atoms with E-state index in [-0.39, 0.29) is 13.0 Å². The summed E-state index contributed by atoms with van der Waals surface area (Å²) in [5.41, 5.74) is -0.974. The summed E-state index contributed by atoms with van der Waals surface area (Å²) in [4.78, 5) is 10.9. The van der Waals surface area contributed by atoms with Gasteiger partial charge < -0.3 is 4.74 Å². The smallest absolute Gasteiger partial charge is 0.306 e. The third-order valence-corrected chi connectivity index (χ3v) is 3.79. The topological polar surface area (TPSA) is 75.7 Å². The fraction of sp³-hybridized carbons (Fsp3) is 0.700. The lowest BCUT2D eigenvalue weighted by molar-refractivity contribution is -0.140. The Hall–Kier alpha value is -1.10. The summed E-state index contributed by atoms with van der Waals surface area (Å²) in [6.07, 6.45) is 5.18. The van der Waals surface area contributed by atoms with Crippen LogP contribution in [0.3, 0.4) is 0 Å². The second-order valence-corrected chi connectivity index (χ2v) is 5.80. The van der Waals surface area contributed by atoms with E-state index in [1.165, 1.54) is 14.2 Å². The molecule has 7 heteroatoms. The van der Waals surface area contributed by atoms with E-state index in [1.807, 2.05) is 0 Å². The van der Waals surface area contributed by atoms with Crippen molar-refractivity contribution in [2.45, 2.75) is 25.8 Å². The van der Waals surface area contributed by atoms with Crippen molar-refractivity contribution in [3.63, 3.8) is 0 Å². The summed E-state index contributed by atoms with van der Waals surface area (Å²) in [6.45, 7) is 3.17. The Balaban J connectivity index is 4.53. The third-order valence-electron chi connectivity index (χ3n) is 2.01. The Bertz CT molecular complexity index is 409. The van der Waals surface area contributed by atoms with E-state index in [2.05, 4.69) is 15.4 Å². The number of rotatable bonds is 6. The lowest BCUT2D eigenvalue weighted by Crippen LogP contribution is -2.48. The molecule has 0 bridgehead atoms. The minimum absolute atomic E-state index is 0.00953.